The molecule has 0 atom stereocenters. The Morgan fingerprint density at radius 3 is 2.68 bits per heavy atom. The van der Waals surface area contributed by atoms with Crippen LogP contribution in [0.2, 0.25) is 0 Å². The first-order chi connectivity index (χ1) is 9.29. The first kappa shape index (κ1) is 13.4. The van der Waals surface area contributed by atoms with Crippen molar-refractivity contribution in [3.8, 4) is 0 Å². The van der Waals surface area contributed by atoms with E-state index in [1.54, 1.807) is 0 Å². The molecule has 0 bridgehead atoms. The maximum absolute atomic E-state index is 4.30. The van der Waals surface area contributed by atoms with E-state index in [1.807, 2.05) is 18.5 Å². The summed E-state index contributed by atoms with van der Waals surface area (Å²) in [7, 11) is 2.09. The van der Waals surface area contributed by atoms with Crippen molar-refractivity contribution in [3.05, 3.63) is 54.4 Å². The monoisotopic (exact) mass is 255 g/mol. The fraction of sp³-hybridized carbons (Fsp3) is 0.312. The normalized spacial score (nSPS) is 10.2. The largest absolute Gasteiger partial charge is 0.384 e. The molecule has 0 spiro atoms. The molecule has 1 N–H and O–H groups in total. The maximum Gasteiger partial charge on any atom is 0.0573 e. The molecule has 1 heterocycles. The minimum absolute atomic E-state index is 0.889. The molecule has 0 fully saturated rings. The summed E-state index contributed by atoms with van der Waals surface area (Å²) in [6, 6.07) is 12.6. The highest BCUT2D eigenvalue weighted by Gasteiger charge is 2.03. The topological polar surface area (TPSA) is 28.2 Å². The molecule has 1 aromatic carbocycles. The van der Waals surface area contributed by atoms with Crippen LogP contribution < -0.4 is 10.2 Å². The fourth-order valence-corrected chi connectivity index (χ4v) is 1.95. The SMILES string of the molecule is CCCNc1cncc(N(C)Cc2ccccc2)c1. The third-order valence-electron chi connectivity index (χ3n) is 3.01. The van der Waals surface area contributed by atoms with Gasteiger partial charge in [-0.3, -0.25) is 4.98 Å². The summed E-state index contributed by atoms with van der Waals surface area (Å²) in [6.07, 6.45) is 4.89. The predicted octanol–water partition coefficient (Wildman–Crippen LogP) is 3.54. The quantitative estimate of drug-likeness (QED) is 0.855. The molecule has 0 aliphatic heterocycles. The second-order valence-corrected chi connectivity index (χ2v) is 4.70. The van der Waals surface area contributed by atoms with Gasteiger partial charge in [-0.2, -0.15) is 0 Å². The molecule has 19 heavy (non-hydrogen) atoms. The molecule has 0 saturated heterocycles. The first-order valence-electron chi connectivity index (χ1n) is 6.73. The average molecular weight is 255 g/mol. The van der Waals surface area contributed by atoms with Crippen molar-refractivity contribution in [2.75, 3.05) is 23.8 Å². The van der Waals surface area contributed by atoms with E-state index in [-0.39, 0.29) is 0 Å². The Bertz CT molecular complexity index is 496. The molecule has 2 aromatic rings. The molecule has 3 heteroatoms. The lowest BCUT2D eigenvalue weighted by atomic mass is 10.2. The summed E-state index contributed by atoms with van der Waals surface area (Å²) in [4.78, 5) is 6.50. The number of hydrogen-bond donors (Lipinski definition) is 1. The molecule has 0 aliphatic rings. The third-order valence-corrected chi connectivity index (χ3v) is 3.01. The highest BCUT2D eigenvalue weighted by atomic mass is 15.1. The standard InChI is InChI=1S/C16H21N3/c1-3-9-18-15-10-16(12-17-11-15)19(2)13-14-7-5-4-6-8-14/h4-8,10-12,18H,3,9,13H2,1-2H3. The van der Waals surface area contributed by atoms with Gasteiger partial charge in [-0.25, -0.2) is 0 Å². The van der Waals surface area contributed by atoms with E-state index in [9.17, 15) is 0 Å². The Balaban J connectivity index is 2.04. The van der Waals surface area contributed by atoms with Gasteiger partial charge in [0.15, 0.2) is 0 Å². The van der Waals surface area contributed by atoms with Gasteiger partial charge >= 0.3 is 0 Å². The minimum atomic E-state index is 0.889. The second-order valence-electron chi connectivity index (χ2n) is 4.70. The summed E-state index contributed by atoms with van der Waals surface area (Å²) in [6.45, 7) is 4.03. The van der Waals surface area contributed by atoms with E-state index in [0.717, 1.165) is 30.9 Å². The molecule has 0 radical (unpaired) electrons. The van der Waals surface area contributed by atoms with Crippen LogP contribution in [0.4, 0.5) is 11.4 Å². The van der Waals surface area contributed by atoms with E-state index in [1.165, 1.54) is 5.56 Å². The molecule has 0 amide bonds. The third kappa shape index (κ3) is 3.98. The molecular weight excluding hydrogens is 234 g/mol. The number of benzene rings is 1. The minimum Gasteiger partial charge on any atom is -0.384 e. The van der Waals surface area contributed by atoms with E-state index in [4.69, 9.17) is 0 Å². The van der Waals surface area contributed by atoms with Crippen molar-refractivity contribution in [3.63, 3.8) is 0 Å². The lowest BCUT2D eigenvalue weighted by molar-refractivity contribution is 0.916. The lowest BCUT2D eigenvalue weighted by Crippen LogP contribution is -2.16. The van der Waals surface area contributed by atoms with Crippen molar-refractivity contribution in [1.29, 1.82) is 0 Å². The summed E-state index contributed by atoms with van der Waals surface area (Å²) >= 11 is 0. The smallest absolute Gasteiger partial charge is 0.0573 e. The van der Waals surface area contributed by atoms with Crippen LogP contribution in [0.5, 0.6) is 0 Å². The van der Waals surface area contributed by atoms with Crippen LogP contribution >= 0.6 is 0 Å². The van der Waals surface area contributed by atoms with Gasteiger partial charge in [-0.15, -0.1) is 0 Å². The van der Waals surface area contributed by atoms with Gasteiger partial charge in [0, 0.05) is 20.1 Å². The van der Waals surface area contributed by atoms with Crippen molar-refractivity contribution >= 4 is 11.4 Å². The summed E-state index contributed by atoms with van der Waals surface area (Å²) in [5.41, 5.74) is 3.51. The van der Waals surface area contributed by atoms with Gasteiger partial charge in [0.25, 0.3) is 0 Å². The Hall–Kier alpha value is -2.03. The molecule has 0 aliphatic carbocycles. The van der Waals surface area contributed by atoms with E-state index in [0.29, 0.717) is 0 Å². The Morgan fingerprint density at radius 1 is 1.16 bits per heavy atom. The summed E-state index contributed by atoms with van der Waals surface area (Å²) in [5, 5.41) is 3.36. The van der Waals surface area contributed by atoms with Crippen LogP contribution in [0, 0.1) is 0 Å². The van der Waals surface area contributed by atoms with Gasteiger partial charge in [-0.05, 0) is 18.1 Å². The van der Waals surface area contributed by atoms with E-state index < -0.39 is 0 Å². The van der Waals surface area contributed by atoms with E-state index in [2.05, 4.69) is 59.5 Å². The van der Waals surface area contributed by atoms with Gasteiger partial charge in [0.05, 0.1) is 23.8 Å². The Morgan fingerprint density at radius 2 is 1.95 bits per heavy atom. The highest BCUT2D eigenvalue weighted by Crippen LogP contribution is 2.18. The average Bonchev–Trinajstić information content (AvgIpc) is 2.46. The number of nitrogens with zero attached hydrogens (tertiary/aromatic N) is 2. The number of hydrogen-bond acceptors (Lipinski definition) is 3. The second kappa shape index (κ2) is 6.78. The zero-order valence-electron chi connectivity index (χ0n) is 11.6. The summed E-state index contributed by atoms with van der Waals surface area (Å²) < 4.78 is 0. The first-order valence-corrected chi connectivity index (χ1v) is 6.73. The van der Waals surface area contributed by atoms with E-state index >= 15 is 0 Å². The van der Waals surface area contributed by atoms with Crippen molar-refractivity contribution in [1.82, 2.24) is 4.98 Å². The van der Waals surface area contributed by atoms with Crippen LogP contribution in [0.1, 0.15) is 18.9 Å². The van der Waals surface area contributed by atoms with Gasteiger partial charge < -0.3 is 10.2 Å². The van der Waals surface area contributed by atoms with Crippen molar-refractivity contribution in [2.45, 2.75) is 19.9 Å². The fourth-order valence-electron chi connectivity index (χ4n) is 1.95. The Kier molecular flexibility index (Phi) is 4.78. The number of aromatic nitrogens is 1. The number of nitrogens with one attached hydrogen (secondary N) is 1. The zero-order valence-corrected chi connectivity index (χ0v) is 11.6. The lowest BCUT2D eigenvalue weighted by Gasteiger charge is -2.20. The van der Waals surface area contributed by atoms with Crippen LogP contribution in [0.15, 0.2) is 48.8 Å². The van der Waals surface area contributed by atoms with Gasteiger partial charge in [0.1, 0.15) is 0 Å². The number of rotatable bonds is 6. The molecule has 3 nitrogen and oxygen atoms in total. The number of anilines is 2. The maximum atomic E-state index is 4.30. The molecule has 1 aromatic heterocycles. The van der Waals surface area contributed by atoms with Crippen LogP contribution in [0.3, 0.4) is 0 Å². The molecule has 0 unspecified atom stereocenters. The molecule has 2 rings (SSSR count). The van der Waals surface area contributed by atoms with Crippen LogP contribution in [-0.4, -0.2) is 18.6 Å². The summed E-state index contributed by atoms with van der Waals surface area (Å²) in [5.74, 6) is 0. The Labute approximate surface area is 115 Å². The van der Waals surface area contributed by atoms with Crippen molar-refractivity contribution < 1.29 is 0 Å². The highest BCUT2D eigenvalue weighted by molar-refractivity contribution is 5.55. The van der Waals surface area contributed by atoms with Crippen LogP contribution in [-0.2, 0) is 6.54 Å². The predicted molar refractivity (Wildman–Crippen MR) is 81.6 cm³/mol. The number of pyridine rings is 1. The van der Waals surface area contributed by atoms with Gasteiger partial charge in [-0.1, -0.05) is 37.3 Å². The zero-order chi connectivity index (χ0) is 13.5. The van der Waals surface area contributed by atoms with Crippen LogP contribution in [0.25, 0.3) is 0 Å². The van der Waals surface area contributed by atoms with Crippen molar-refractivity contribution in [2.24, 2.45) is 0 Å². The molecule has 100 valence electrons. The molecule has 0 saturated carbocycles. The van der Waals surface area contributed by atoms with Gasteiger partial charge in [0.2, 0.25) is 0 Å². The molecular formula is C16H21N3.